The Bertz CT molecular complexity index is 597. The zero-order valence-electron chi connectivity index (χ0n) is 8.48. The highest BCUT2D eigenvalue weighted by molar-refractivity contribution is 6.08. The van der Waals surface area contributed by atoms with Crippen LogP contribution in [0, 0.1) is 6.92 Å². The maximum absolute atomic E-state index is 11.2. The van der Waals surface area contributed by atoms with Gasteiger partial charge in [-0.15, -0.1) is 0 Å². The molecule has 5 nitrogen and oxygen atoms in total. The highest BCUT2D eigenvalue weighted by Gasteiger charge is 2.20. The van der Waals surface area contributed by atoms with Crippen LogP contribution in [0.1, 0.15) is 26.5 Å². The number of furan rings is 1. The molecule has 0 fully saturated rings. The van der Waals surface area contributed by atoms with E-state index in [0.29, 0.717) is 16.5 Å². The van der Waals surface area contributed by atoms with Gasteiger partial charge >= 0.3 is 5.97 Å². The molecule has 1 aromatic heterocycles. The molecule has 0 aliphatic rings. The van der Waals surface area contributed by atoms with E-state index in [4.69, 9.17) is 15.3 Å². The summed E-state index contributed by atoms with van der Waals surface area (Å²) in [7, 11) is 0. The van der Waals surface area contributed by atoms with Crippen LogP contribution in [0.25, 0.3) is 11.0 Å². The van der Waals surface area contributed by atoms with Crippen LogP contribution in [-0.4, -0.2) is 17.0 Å². The molecule has 2 rings (SSSR count). The van der Waals surface area contributed by atoms with Crippen LogP contribution in [0.2, 0.25) is 0 Å². The van der Waals surface area contributed by atoms with Gasteiger partial charge in [0.2, 0.25) is 11.7 Å². The molecule has 1 aromatic carbocycles. The Morgan fingerprint density at radius 3 is 2.62 bits per heavy atom. The summed E-state index contributed by atoms with van der Waals surface area (Å²) in [5.74, 6) is -1.93. The van der Waals surface area contributed by atoms with E-state index >= 15 is 0 Å². The van der Waals surface area contributed by atoms with Crippen molar-refractivity contribution in [3.63, 3.8) is 0 Å². The average molecular weight is 219 g/mol. The van der Waals surface area contributed by atoms with Crippen molar-refractivity contribution in [2.45, 2.75) is 6.92 Å². The first-order valence-corrected chi connectivity index (χ1v) is 4.57. The lowest BCUT2D eigenvalue weighted by Crippen LogP contribution is -2.11. The Labute approximate surface area is 90.5 Å². The van der Waals surface area contributed by atoms with Gasteiger partial charge < -0.3 is 15.3 Å². The van der Waals surface area contributed by atoms with Gasteiger partial charge in [0.15, 0.2) is 0 Å². The largest absolute Gasteiger partial charge is 0.475 e. The zero-order valence-corrected chi connectivity index (χ0v) is 8.48. The fraction of sp³-hybridized carbons (Fsp3) is 0.0909. The minimum atomic E-state index is -1.16. The highest BCUT2D eigenvalue weighted by atomic mass is 16.4. The number of aryl methyl sites for hydroxylation is 1. The van der Waals surface area contributed by atoms with Gasteiger partial charge in [-0.1, -0.05) is 6.07 Å². The molecular weight excluding hydrogens is 210 g/mol. The number of rotatable bonds is 2. The average Bonchev–Trinajstić information content (AvgIpc) is 2.56. The standard InChI is InChI=1S/C11H9NO4/c1-5-8-6(10(12)13)3-2-4-7(8)16-9(5)11(14)15/h2-4H,1H3,(H2,12,13)(H,14,15). The SMILES string of the molecule is Cc1c(C(=O)O)oc2cccc(C(N)=O)c12. The van der Waals surface area contributed by atoms with Crippen molar-refractivity contribution in [3.8, 4) is 0 Å². The van der Waals surface area contributed by atoms with Crippen LogP contribution < -0.4 is 5.73 Å². The van der Waals surface area contributed by atoms with Crippen LogP contribution >= 0.6 is 0 Å². The van der Waals surface area contributed by atoms with Gasteiger partial charge in [0.25, 0.3) is 0 Å². The van der Waals surface area contributed by atoms with Crippen LogP contribution in [0.4, 0.5) is 0 Å². The van der Waals surface area contributed by atoms with Crippen LogP contribution in [-0.2, 0) is 0 Å². The van der Waals surface area contributed by atoms with Gasteiger partial charge in [0, 0.05) is 10.9 Å². The first-order chi connectivity index (χ1) is 7.52. The van der Waals surface area contributed by atoms with Gasteiger partial charge in [0.05, 0.1) is 5.56 Å². The van der Waals surface area contributed by atoms with Crippen molar-refractivity contribution >= 4 is 22.8 Å². The van der Waals surface area contributed by atoms with Crippen molar-refractivity contribution in [2.24, 2.45) is 5.73 Å². The molecule has 1 heterocycles. The summed E-state index contributed by atoms with van der Waals surface area (Å²) in [4.78, 5) is 22.0. The van der Waals surface area contributed by atoms with E-state index in [-0.39, 0.29) is 11.3 Å². The number of carboxylic acid groups (broad SMARTS) is 1. The van der Waals surface area contributed by atoms with E-state index < -0.39 is 11.9 Å². The Morgan fingerprint density at radius 1 is 1.38 bits per heavy atom. The van der Waals surface area contributed by atoms with Crippen molar-refractivity contribution in [1.29, 1.82) is 0 Å². The van der Waals surface area contributed by atoms with Gasteiger partial charge in [-0.2, -0.15) is 0 Å². The number of hydrogen-bond donors (Lipinski definition) is 2. The number of primary amides is 1. The number of carbonyl (C=O) groups excluding carboxylic acids is 1. The van der Waals surface area contributed by atoms with Crippen LogP contribution in [0.5, 0.6) is 0 Å². The highest BCUT2D eigenvalue weighted by Crippen LogP contribution is 2.28. The zero-order chi connectivity index (χ0) is 11.9. The Balaban J connectivity index is 2.87. The molecule has 0 radical (unpaired) electrons. The quantitative estimate of drug-likeness (QED) is 0.800. The second-order valence-corrected chi connectivity index (χ2v) is 3.40. The van der Waals surface area contributed by atoms with E-state index in [2.05, 4.69) is 0 Å². The molecule has 16 heavy (non-hydrogen) atoms. The molecule has 82 valence electrons. The number of aromatic carboxylic acids is 1. The van der Waals surface area contributed by atoms with Gasteiger partial charge in [0.1, 0.15) is 5.58 Å². The molecule has 0 spiro atoms. The van der Waals surface area contributed by atoms with E-state index in [0.717, 1.165) is 0 Å². The molecule has 0 aliphatic heterocycles. The van der Waals surface area contributed by atoms with Gasteiger partial charge in [-0.25, -0.2) is 4.79 Å². The Morgan fingerprint density at radius 2 is 2.06 bits per heavy atom. The van der Waals surface area contributed by atoms with E-state index in [1.54, 1.807) is 25.1 Å². The number of carboxylic acids is 1. The van der Waals surface area contributed by atoms with E-state index in [9.17, 15) is 9.59 Å². The summed E-state index contributed by atoms with van der Waals surface area (Å²) < 4.78 is 5.14. The summed E-state index contributed by atoms with van der Waals surface area (Å²) in [6.45, 7) is 1.59. The molecule has 0 saturated carbocycles. The number of nitrogens with two attached hydrogens (primary N) is 1. The number of carbonyl (C=O) groups is 2. The molecule has 0 saturated heterocycles. The fourth-order valence-electron chi connectivity index (χ4n) is 1.71. The van der Waals surface area contributed by atoms with E-state index in [1.165, 1.54) is 0 Å². The summed E-state index contributed by atoms with van der Waals surface area (Å²) in [5, 5.41) is 9.35. The smallest absolute Gasteiger partial charge is 0.372 e. The first kappa shape index (κ1) is 10.2. The summed E-state index contributed by atoms with van der Waals surface area (Å²) in [6.07, 6.45) is 0. The molecule has 0 aliphatic carbocycles. The summed E-state index contributed by atoms with van der Waals surface area (Å²) >= 11 is 0. The van der Waals surface area contributed by atoms with Crippen molar-refractivity contribution in [2.75, 3.05) is 0 Å². The summed E-state index contributed by atoms with van der Waals surface area (Å²) in [5.41, 5.74) is 6.24. The second-order valence-electron chi connectivity index (χ2n) is 3.40. The Kier molecular flexibility index (Phi) is 2.16. The van der Waals surface area contributed by atoms with Crippen LogP contribution in [0.15, 0.2) is 22.6 Å². The topological polar surface area (TPSA) is 93.5 Å². The Hall–Kier alpha value is -2.30. The van der Waals surface area contributed by atoms with Crippen molar-refractivity contribution < 1.29 is 19.1 Å². The molecular formula is C11H9NO4. The van der Waals surface area contributed by atoms with Gasteiger partial charge in [-0.05, 0) is 19.1 Å². The minimum Gasteiger partial charge on any atom is -0.475 e. The van der Waals surface area contributed by atoms with Crippen molar-refractivity contribution in [1.82, 2.24) is 0 Å². The number of hydrogen-bond acceptors (Lipinski definition) is 3. The third-order valence-corrected chi connectivity index (χ3v) is 2.41. The number of benzene rings is 1. The second kappa shape index (κ2) is 3.37. The number of fused-ring (bicyclic) bond motifs is 1. The molecule has 5 heteroatoms. The lowest BCUT2D eigenvalue weighted by molar-refractivity contribution is 0.0663. The number of amides is 1. The molecule has 0 bridgehead atoms. The van der Waals surface area contributed by atoms with Crippen LogP contribution in [0.3, 0.4) is 0 Å². The molecule has 1 amide bonds. The molecule has 0 unspecified atom stereocenters. The molecule has 3 N–H and O–H groups in total. The third-order valence-electron chi connectivity index (χ3n) is 2.41. The predicted octanol–water partition coefficient (Wildman–Crippen LogP) is 1.54. The minimum absolute atomic E-state index is 0.163. The maximum atomic E-state index is 11.2. The molecule has 0 atom stereocenters. The first-order valence-electron chi connectivity index (χ1n) is 4.57. The predicted molar refractivity (Wildman–Crippen MR) is 56.4 cm³/mol. The van der Waals surface area contributed by atoms with E-state index in [1.807, 2.05) is 0 Å². The monoisotopic (exact) mass is 219 g/mol. The summed E-state index contributed by atoms with van der Waals surface area (Å²) in [6, 6.07) is 4.73. The fourth-order valence-corrected chi connectivity index (χ4v) is 1.71. The van der Waals surface area contributed by atoms with Gasteiger partial charge in [-0.3, -0.25) is 4.79 Å². The van der Waals surface area contributed by atoms with Crippen molar-refractivity contribution in [3.05, 3.63) is 35.1 Å². The lowest BCUT2D eigenvalue weighted by atomic mass is 10.1. The molecule has 2 aromatic rings. The normalized spacial score (nSPS) is 10.6. The lowest BCUT2D eigenvalue weighted by Gasteiger charge is -1.97. The third kappa shape index (κ3) is 1.33. The maximum Gasteiger partial charge on any atom is 0.372 e.